The maximum atomic E-state index is 11.8. The van der Waals surface area contributed by atoms with Gasteiger partial charge in [0.2, 0.25) is 0 Å². The minimum absolute atomic E-state index is 0. The Hall–Kier alpha value is -15.1. The van der Waals surface area contributed by atoms with Gasteiger partial charge in [0.25, 0.3) is 0 Å². The van der Waals surface area contributed by atoms with E-state index >= 15 is 0 Å². The SMILES string of the molecule is CO.COC(=O)On1nnc2ccccc21.COC(=O)On1nnc2ccccc21.O.O=C(On1nnc2ccccc21)On1nnc2ccccc21.O=C(On1nnc2ccccc21)On1nnc2ccccc21.O=C=O.On1nnc2ccccc21.On1nnc2ccccc21. The number of hydrogen-bond donors (Lipinski definition) is 3. The number of methoxy groups -OCH3 is 2. The van der Waals surface area contributed by atoms with Crippen molar-refractivity contribution >= 4 is 119 Å². The first-order valence-electron chi connectivity index (χ1n) is 27.0. The molecule has 0 aliphatic carbocycles. The van der Waals surface area contributed by atoms with Crippen LogP contribution in [-0.2, 0) is 19.1 Å². The zero-order valence-corrected chi connectivity index (χ0v) is 50.3. The number of rotatable bonds is 6. The molecule has 0 spiro atoms. The number of benzene rings is 8. The molecule has 0 saturated carbocycles. The highest BCUT2D eigenvalue weighted by Gasteiger charge is 2.18. The van der Waals surface area contributed by atoms with Gasteiger partial charge in [-0.05, 0) is 139 Å². The van der Waals surface area contributed by atoms with Crippen LogP contribution < -0.4 is 29.0 Å². The number of hydrogen-bond acceptors (Lipinski definition) is 33. The third-order valence-corrected chi connectivity index (χ3v) is 11.9. The molecule has 0 atom stereocenters. The van der Waals surface area contributed by atoms with Crippen molar-refractivity contribution in [2.75, 3.05) is 21.3 Å². The number of ether oxygens (including phenoxy) is 2. The highest BCUT2D eigenvalue weighted by atomic mass is 16.9. The molecular formula is C56H46N24O18. The number of aliphatic hydroxyl groups excluding tert-OH is 1. The van der Waals surface area contributed by atoms with E-state index in [2.05, 4.69) is 92.0 Å². The van der Waals surface area contributed by atoms with Gasteiger partial charge in [-0.2, -0.15) is 19.2 Å². The Morgan fingerprint density at radius 3 is 0.622 bits per heavy atom. The molecule has 16 aromatic rings. The molecule has 0 aliphatic heterocycles. The third kappa shape index (κ3) is 17.3. The summed E-state index contributed by atoms with van der Waals surface area (Å²) in [5, 5.41) is 84.3. The van der Waals surface area contributed by atoms with Crippen LogP contribution in [0, 0.1) is 0 Å². The molecule has 0 saturated heterocycles. The summed E-state index contributed by atoms with van der Waals surface area (Å²) in [6.07, 6.45) is -3.43. The number of fused-ring (bicyclic) bond motifs is 8. The molecule has 0 radical (unpaired) electrons. The molecule has 98 heavy (non-hydrogen) atoms. The average Bonchev–Trinajstić information content (AvgIpc) is 1.69. The summed E-state index contributed by atoms with van der Waals surface area (Å²) in [6.45, 7) is 0. The lowest BCUT2D eigenvalue weighted by atomic mass is 10.3. The van der Waals surface area contributed by atoms with Gasteiger partial charge in [-0.25, -0.2) is 9.59 Å². The number of para-hydroxylation sites is 8. The van der Waals surface area contributed by atoms with Gasteiger partial charge in [-0.15, -0.1) is 40.8 Å². The highest BCUT2D eigenvalue weighted by Crippen LogP contribution is 2.14. The van der Waals surface area contributed by atoms with Crippen molar-refractivity contribution in [2.24, 2.45) is 0 Å². The summed E-state index contributed by atoms with van der Waals surface area (Å²) < 4.78 is 8.65. The topological polar surface area (TPSA) is 514 Å². The third-order valence-electron chi connectivity index (χ3n) is 11.9. The Kier molecular flexibility index (Phi) is 23.8. The number of carbonyl (C=O) groups excluding carboxylic acids is 6. The van der Waals surface area contributed by atoms with E-state index in [0.717, 1.165) is 45.9 Å². The van der Waals surface area contributed by atoms with Crippen molar-refractivity contribution < 1.29 is 88.3 Å². The highest BCUT2D eigenvalue weighted by molar-refractivity contribution is 5.79. The van der Waals surface area contributed by atoms with E-state index in [1.807, 2.05) is 36.4 Å². The van der Waals surface area contributed by atoms with Crippen molar-refractivity contribution in [1.82, 2.24) is 121 Å². The average molecular weight is 1340 g/mol. The lowest BCUT2D eigenvalue weighted by molar-refractivity contribution is -0.191. The number of aliphatic hydroxyl groups is 1. The van der Waals surface area contributed by atoms with Gasteiger partial charge in [0.05, 0.1) is 14.2 Å². The molecule has 0 unspecified atom stereocenters. The summed E-state index contributed by atoms with van der Waals surface area (Å²) in [5.41, 5.74) is 9.74. The van der Waals surface area contributed by atoms with Crippen LogP contribution in [0.2, 0.25) is 0 Å². The van der Waals surface area contributed by atoms with Crippen LogP contribution in [0.4, 0.5) is 19.2 Å². The second kappa shape index (κ2) is 33.8. The lowest BCUT2D eigenvalue weighted by Gasteiger charge is -2.03. The van der Waals surface area contributed by atoms with Gasteiger partial charge in [-0.1, -0.05) is 136 Å². The molecule has 0 fully saturated rings. The minimum Gasteiger partial charge on any atom is -0.436 e. The van der Waals surface area contributed by atoms with E-state index in [9.17, 15) is 19.2 Å². The van der Waals surface area contributed by atoms with Crippen LogP contribution >= 0.6 is 0 Å². The molecule has 5 N–H and O–H groups in total. The zero-order chi connectivity index (χ0) is 68.5. The van der Waals surface area contributed by atoms with Gasteiger partial charge >= 0.3 is 30.8 Å². The monoisotopic (exact) mass is 1340 g/mol. The van der Waals surface area contributed by atoms with E-state index in [0.29, 0.717) is 88.3 Å². The maximum absolute atomic E-state index is 11.8. The fourth-order valence-corrected chi connectivity index (χ4v) is 7.73. The predicted octanol–water partition coefficient (Wildman–Crippen LogP) is 2.50. The van der Waals surface area contributed by atoms with E-state index in [1.54, 1.807) is 158 Å². The Bertz CT molecular complexity index is 4830. The van der Waals surface area contributed by atoms with Crippen molar-refractivity contribution in [3.05, 3.63) is 194 Å². The van der Waals surface area contributed by atoms with Gasteiger partial charge in [0, 0.05) is 7.11 Å². The van der Waals surface area contributed by atoms with Crippen LogP contribution in [0.15, 0.2) is 194 Å². The van der Waals surface area contributed by atoms with Crippen molar-refractivity contribution in [3.8, 4) is 0 Å². The maximum Gasteiger partial charge on any atom is 0.562 e. The largest absolute Gasteiger partial charge is 0.562 e. The summed E-state index contributed by atoms with van der Waals surface area (Å²) in [6, 6.07) is 56.8. The molecule has 8 aromatic carbocycles. The van der Waals surface area contributed by atoms with E-state index in [1.165, 1.54) is 14.2 Å². The first-order valence-corrected chi connectivity index (χ1v) is 27.0. The smallest absolute Gasteiger partial charge is 0.436 e. The summed E-state index contributed by atoms with van der Waals surface area (Å²) in [7, 11) is 3.45. The molecule has 0 amide bonds. The molecule has 16 rings (SSSR count). The first kappa shape index (κ1) is 68.8. The zero-order valence-electron chi connectivity index (χ0n) is 50.3. The molecule has 498 valence electrons. The second-order valence-electron chi connectivity index (χ2n) is 17.7. The van der Waals surface area contributed by atoms with E-state index in [-0.39, 0.29) is 11.6 Å². The molecule has 8 heterocycles. The Morgan fingerprint density at radius 1 is 0.286 bits per heavy atom. The lowest BCUT2D eigenvalue weighted by Crippen LogP contribution is -2.30. The molecule has 0 bridgehead atoms. The van der Waals surface area contributed by atoms with Gasteiger partial charge < -0.3 is 30.5 Å². The molecule has 42 nitrogen and oxygen atoms in total. The Labute approximate surface area is 542 Å². The molecule has 42 heteroatoms. The van der Waals surface area contributed by atoms with Crippen LogP contribution in [0.25, 0.3) is 88.3 Å². The van der Waals surface area contributed by atoms with Crippen LogP contribution in [0.3, 0.4) is 0 Å². The predicted molar refractivity (Wildman–Crippen MR) is 326 cm³/mol. The number of aromatic nitrogens is 24. The quantitative estimate of drug-likeness (QED) is 0.122. The van der Waals surface area contributed by atoms with Crippen LogP contribution in [0.1, 0.15) is 0 Å². The summed E-state index contributed by atoms with van der Waals surface area (Å²) >= 11 is 0. The molecule has 8 aromatic heterocycles. The number of carbonyl (C=O) groups is 4. The van der Waals surface area contributed by atoms with Gasteiger partial charge in [0.15, 0.2) is 0 Å². The van der Waals surface area contributed by atoms with Gasteiger partial charge in [-0.3, -0.25) is 29.0 Å². The Balaban J connectivity index is 0.000000151. The van der Waals surface area contributed by atoms with Gasteiger partial charge in [0.1, 0.15) is 88.3 Å². The van der Waals surface area contributed by atoms with E-state index in [4.69, 9.17) is 54.1 Å². The summed E-state index contributed by atoms with van der Waals surface area (Å²) in [5.74, 6) is 0. The first-order chi connectivity index (χ1) is 47.4. The fourth-order valence-electron chi connectivity index (χ4n) is 7.73. The number of nitrogens with zero attached hydrogens (tertiary/aromatic N) is 24. The minimum atomic E-state index is -1.01. The second-order valence-corrected chi connectivity index (χ2v) is 17.7. The van der Waals surface area contributed by atoms with Crippen molar-refractivity contribution in [2.45, 2.75) is 0 Å². The van der Waals surface area contributed by atoms with Crippen LogP contribution in [-0.4, -0.2) is 194 Å². The van der Waals surface area contributed by atoms with Crippen molar-refractivity contribution in [1.29, 1.82) is 0 Å². The normalized spacial score (nSPS) is 10.0. The molecule has 0 aliphatic rings. The standard InChI is InChI=1S/2C13H8N6O3.2C8H7N3O3.2C6H5N3O.CO2.CH4O.H2O/c2*20-13(21-18-11-7-3-1-5-9(11)14-16-18)22-19-12-8-4-2-6-10(12)15-17-19;2*1-13-8(12)14-11-7-5-3-2-4-6(7)9-10-11;2*10-9-6-4-2-1-3-5(6)7-8-9;2-1-3;1-2;/h2*1-8H;2*2-5H,1H3;2*1-4,10H;;2H,1H3;1H2. The van der Waals surface area contributed by atoms with E-state index < -0.39 is 24.6 Å². The Morgan fingerprint density at radius 2 is 0.439 bits per heavy atom. The van der Waals surface area contributed by atoms with Crippen LogP contribution in [0.5, 0.6) is 0 Å². The summed E-state index contributed by atoms with van der Waals surface area (Å²) in [4.78, 5) is 98.3. The van der Waals surface area contributed by atoms with Crippen molar-refractivity contribution in [3.63, 3.8) is 0 Å². The molecular weight excluding hydrogens is 1300 g/mol. The fraction of sp³-hybridized carbons (Fsp3) is 0.0536.